The fraction of sp³-hybridized carbons (Fsp3) is 0.700. The molecule has 0 spiro atoms. The van der Waals surface area contributed by atoms with E-state index >= 15 is 0 Å². The zero-order valence-corrected chi connectivity index (χ0v) is 11.5. The lowest BCUT2D eigenvalue weighted by molar-refractivity contribution is 0.296. The van der Waals surface area contributed by atoms with Gasteiger partial charge in [-0.25, -0.2) is 0 Å². The predicted octanol–water partition coefficient (Wildman–Crippen LogP) is 0.449. The van der Waals surface area contributed by atoms with E-state index < -0.39 is 0 Å². The largest absolute Gasteiger partial charge is 0.467 e. The number of hydrogen-bond acceptors (Lipinski definition) is 8. The molecule has 0 saturated carbocycles. The Kier molecular flexibility index (Phi) is 7.19. The Labute approximate surface area is 111 Å². The van der Waals surface area contributed by atoms with Gasteiger partial charge in [0.05, 0.1) is 7.11 Å². The molecule has 3 N–H and O–H groups in total. The maximum atomic E-state index is 8.64. The number of aromatic nitrogens is 3. The number of nitrogens with one attached hydrogen (secondary N) is 2. The van der Waals surface area contributed by atoms with Crippen molar-refractivity contribution in [3.8, 4) is 6.01 Å². The van der Waals surface area contributed by atoms with Gasteiger partial charge in [-0.3, -0.25) is 0 Å². The number of hydrogen-bond donors (Lipinski definition) is 3. The van der Waals surface area contributed by atoms with Crippen molar-refractivity contribution in [2.75, 3.05) is 49.4 Å². The number of ether oxygens (including phenoxy) is 1. The molecule has 0 aliphatic rings. The van der Waals surface area contributed by atoms with Crippen LogP contribution in [0.4, 0.5) is 11.9 Å². The number of nitrogens with zero attached hydrogens (tertiary/aromatic N) is 3. The smallest absolute Gasteiger partial charge is 0.322 e. The van der Waals surface area contributed by atoms with Crippen LogP contribution in [0.2, 0.25) is 0 Å². The molecule has 0 atom stereocenters. The molecule has 8 heteroatoms. The van der Waals surface area contributed by atoms with E-state index in [0.29, 0.717) is 11.9 Å². The molecule has 0 saturated heterocycles. The first-order valence-corrected chi connectivity index (χ1v) is 6.86. The second kappa shape index (κ2) is 8.76. The van der Waals surface area contributed by atoms with Crippen LogP contribution < -0.4 is 15.4 Å². The van der Waals surface area contributed by atoms with Crippen molar-refractivity contribution < 1.29 is 9.84 Å². The molecular formula is C10H19N5O2S. The summed E-state index contributed by atoms with van der Waals surface area (Å²) in [5.41, 5.74) is 0. The Morgan fingerprint density at radius 3 is 2.67 bits per heavy atom. The van der Waals surface area contributed by atoms with Crippen LogP contribution in [-0.4, -0.2) is 58.9 Å². The van der Waals surface area contributed by atoms with Gasteiger partial charge in [-0.05, 0) is 12.2 Å². The van der Waals surface area contributed by atoms with Crippen LogP contribution in [0.1, 0.15) is 6.42 Å². The van der Waals surface area contributed by atoms with E-state index in [4.69, 9.17) is 9.84 Å². The van der Waals surface area contributed by atoms with Crippen LogP contribution in [0.3, 0.4) is 0 Å². The number of anilines is 2. The SMILES string of the molecule is CNc1nc(NCCSCCCO)nc(OC)n1. The molecule has 1 aromatic heterocycles. The number of rotatable bonds is 9. The lowest BCUT2D eigenvalue weighted by Crippen LogP contribution is -2.11. The molecule has 0 unspecified atom stereocenters. The molecule has 0 fully saturated rings. The minimum absolute atomic E-state index is 0.247. The molecule has 0 bridgehead atoms. The van der Waals surface area contributed by atoms with Crippen molar-refractivity contribution in [1.29, 1.82) is 0 Å². The Balaban J connectivity index is 2.36. The third-order valence-corrected chi connectivity index (χ3v) is 3.07. The molecule has 7 nitrogen and oxygen atoms in total. The second-order valence-corrected chi connectivity index (χ2v) is 4.56. The van der Waals surface area contributed by atoms with Gasteiger partial charge >= 0.3 is 6.01 Å². The number of aliphatic hydroxyl groups excluding tert-OH is 1. The highest BCUT2D eigenvalue weighted by Gasteiger charge is 2.04. The zero-order valence-electron chi connectivity index (χ0n) is 10.6. The maximum absolute atomic E-state index is 8.64. The minimum Gasteiger partial charge on any atom is -0.467 e. The lowest BCUT2D eigenvalue weighted by Gasteiger charge is -2.07. The monoisotopic (exact) mass is 273 g/mol. The van der Waals surface area contributed by atoms with Crippen molar-refractivity contribution in [1.82, 2.24) is 15.0 Å². The van der Waals surface area contributed by atoms with Crippen molar-refractivity contribution in [3.05, 3.63) is 0 Å². The van der Waals surface area contributed by atoms with Gasteiger partial charge < -0.3 is 20.5 Å². The van der Waals surface area contributed by atoms with Gasteiger partial charge in [0.2, 0.25) is 11.9 Å². The second-order valence-electron chi connectivity index (χ2n) is 3.34. The fourth-order valence-corrected chi connectivity index (χ4v) is 1.93. The van der Waals surface area contributed by atoms with Crippen molar-refractivity contribution in [3.63, 3.8) is 0 Å². The Morgan fingerprint density at radius 2 is 2.00 bits per heavy atom. The van der Waals surface area contributed by atoms with Gasteiger partial charge in [0, 0.05) is 26.0 Å². The maximum Gasteiger partial charge on any atom is 0.322 e. The quantitative estimate of drug-likeness (QED) is 0.559. The summed E-state index contributed by atoms with van der Waals surface area (Å²) in [5.74, 6) is 2.86. The molecule has 18 heavy (non-hydrogen) atoms. The summed E-state index contributed by atoms with van der Waals surface area (Å²) >= 11 is 1.78. The van der Waals surface area contributed by atoms with E-state index in [-0.39, 0.29) is 12.6 Å². The van der Waals surface area contributed by atoms with Gasteiger partial charge in [0.25, 0.3) is 0 Å². The summed E-state index contributed by atoms with van der Waals surface area (Å²) in [5, 5.41) is 14.6. The van der Waals surface area contributed by atoms with E-state index in [1.54, 1.807) is 18.8 Å². The van der Waals surface area contributed by atoms with Gasteiger partial charge in [0.1, 0.15) is 0 Å². The average molecular weight is 273 g/mol. The van der Waals surface area contributed by atoms with Gasteiger partial charge in [0.15, 0.2) is 0 Å². The Morgan fingerprint density at radius 1 is 1.22 bits per heavy atom. The molecule has 0 aliphatic heterocycles. The lowest BCUT2D eigenvalue weighted by atomic mass is 10.5. The number of methoxy groups -OCH3 is 1. The summed E-state index contributed by atoms with van der Waals surface area (Å²) in [6, 6.07) is 0.282. The van der Waals surface area contributed by atoms with Crippen LogP contribution in [0.5, 0.6) is 6.01 Å². The molecule has 0 aromatic carbocycles. The molecule has 1 aromatic rings. The molecule has 102 valence electrons. The van der Waals surface area contributed by atoms with E-state index in [2.05, 4.69) is 25.6 Å². The van der Waals surface area contributed by atoms with Crippen LogP contribution in [-0.2, 0) is 0 Å². The van der Waals surface area contributed by atoms with Gasteiger partial charge in [-0.1, -0.05) is 0 Å². The molecular weight excluding hydrogens is 254 g/mol. The molecule has 0 radical (unpaired) electrons. The molecule has 0 aliphatic carbocycles. The van der Waals surface area contributed by atoms with Gasteiger partial charge in [-0.2, -0.15) is 26.7 Å². The minimum atomic E-state index is 0.247. The summed E-state index contributed by atoms with van der Waals surface area (Å²) in [6.07, 6.45) is 0.828. The highest BCUT2D eigenvalue weighted by molar-refractivity contribution is 7.99. The highest BCUT2D eigenvalue weighted by Crippen LogP contribution is 2.10. The summed E-state index contributed by atoms with van der Waals surface area (Å²) in [6.45, 7) is 1.00. The van der Waals surface area contributed by atoms with E-state index in [1.807, 2.05) is 0 Å². The molecule has 0 amide bonds. The normalized spacial score (nSPS) is 10.2. The molecule has 1 heterocycles. The first-order chi connectivity index (χ1) is 8.80. The van der Waals surface area contributed by atoms with Crippen LogP contribution >= 0.6 is 11.8 Å². The standard InChI is InChI=1S/C10H19N5O2S/c1-11-8-13-9(15-10(14-8)17-2)12-4-7-18-6-3-5-16/h16H,3-7H2,1-2H3,(H2,11,12,13,14,15). The van der Waals surface area contributed by atoms with Crippen molar-refractivity contribution in [2.24, 2.45) is 0 Å². The fourth-order valence-electron chi connectivity index (χ4n) is 1.14. The van der Waals surface area contributed by atoms with E-state index in [1.165, 1.54) is 7.11 Å². The van der Waals surface area contributed by atoms with Crippen LogP contribution in [0, 0.1) is 0 Å². The van der Waals surface area contributed by atoms with Crippen molar-refractivity contribution in [2.45, 2.75) is 6.42 Å². The average Bonchev–Trinajstić information content (AvgIpc) is 2.42. The first kappa shape index (κ1) is 14.8. The first-order valence-electron chi connectivity index (χ1n) is 5.70. The third kappa shape index (κ3) is 5.37. The predicted molar refractivity (Wildman–Crippen MR) is 73.4 cm³/mol. The number of aliphatic hydroxyl groups is 1. The Bertz CT molecular complexity index is 331. The van der Waals surface area contributed by atoms with Crippen LogP contribution in [0.15, 0.2) is 0 Å². The number of thioether (sulfide) groups is 1. The third-order valence-electron chi connectivity index (χ3n) is 2.00. The zero-order chi connectivity index (χ0) is 13.2. The Hall–Kier alpha value is -1.28. The van der Waals surface area contributed by atoms with Crippen LogP contribution in [0.25, 0.3) is 0 Å². The van der Waals surface area contributed by atoms with Gasteiger partial charge in [-0.15, -0.1) is 0 Å². The highest BCUT2D eigenvalue weighted by atomic mass is 32.2. The summed E-state index contributed by atoms with van der Waals surface area (Å²) < 4.78 is 4.98. The van der Waals surface area contributed by atoms with E-state index in [9.17, 15) is 0 Å². The summed E-state index contributed by atoms with van der Waals surface area (Å²) in [4.78, 5) is 12.3. The molecule has 1 rings (SSSR count). The van der Waals surface area contributed by atoms with E-state index in [0.717, 1.165) is 24.5 Å². The summed E-state index contributed by atoms with van der Waals surface area (Å²) in [7, 11) is 3.26. The topological polar surface area (TPSA) is 92.2 Å². The van der Waals surface area contributed by atoms with Crippen molar-refractivity contribution >= 4 is 23.7 Å².